The van der Waals surface area contributed by atoms with Crippen molar-refractivity contribution in [3.63, 3.8) is 0 Å². The lowest BCUT2D eigenvalue weighted by atomic mass is 10.1. The molecule has 2 aromatic carbocycles. The van der Waals surface area contributed by atoms with Gasteiger partial charge >= 0.3 is 5.97 Å². The summed E-state index contributed by atoms with van der Waals surface area (Å²) in [6.45, 7) is 2.10. The summed E-state index contributed by atoms with van der Waals surface area (Å²) in [5, 5.41) is 0. The van der Waals surface area contributed by atoms with Crippen LogP contribution in [0.5, 0.6) is 0 Å². The van der Waals surface area contributed by atoms with Gasteiger partial charge in [0, 0.05) is 5.57 Å². The van der Waals surface area contributed by atoms with E-state index in [1.807, 2.05) is 66.7 Å². The van der Waals surface area contributed by atoms with E-state index in [9.17, 15) is 4.79 Å². The van der Waals surface area contributed by atoms with Crippen molar-refractivity contribution >= 4 is 5.97 Å². The molecule has 0 N–H and O–H groups in total. The maximum atomic E-state index is 11.8. The summed E-state index contributed by atoms with van der Waals surface area (Å²) < 4.78 is 5.27. The lowest BCUT2D eigenvalue weighted by Crippen LogP contribution is -2.06. The molecule has 0 aliphatic carbocycles. The minimum absolute atomic E-state index is 0.259. The molecule has 2 heteroatoms. The molecule has 0 aliphatic heterocycles. The quantitative estimate of drug-likeness (QED) is 0.605. The summed E-state index contributed by atoms with van der Waals surface area (Å²) in [4.78, 5) is 11.8. The van der Waals surface area contributed by atoms with Gasteiger partial charge in [-0.15, -0.1) is 0 Å². The second-order valence-electron chi connectivity index (χ2n) is 4.64. The van der Waals surface area contributed by atoms with Gasteiger partial charge in [-0.1, -0.05) is 66.7 Å². The second kappa shape index (κ2) is 7.29. The summed E-state index contributed by atoms with van der Waals surface area (Å²) in [5.41, 5.74) is 2.82. The van der Waals surface area contributed by atoms with Crippen molar-refractivity contribution in [2.24, 2.45) is 0 Å². The van der Waals surface area contributed by atoms with E-state index < -0.39 is 0 Å². The molecule has 0 heterocycles. The number of rotatable bonds is 5. The molecule has 0 radical (unpaired) electrons. The molecule has 0 amide bonds. The van der Waals surface area contributed by atoms with E-state index in [-0.39, 0.29) is 5.97 Å². The lowest BCUT2D eigenvalue weighted by molar-refractivity contribution is -0.140. The fraction of sp³-hybridized carbons (Fsp3) is 0.167. The summed E-state index contributed by atoms with van der Waals surface area (Å²) in [6.07, 6.45) is 2.65. The third kappa shape index (κ3) is 4.39. The lowest BCUT2D eigenvalue weighted by Gasteiger charge is -2.05. The molecular formula is C18H18O2. The van der Waals surface area contributed by atoms with Crippen molar-refractivity contribution in [2.75, 3.05) is 0 Å². The third-order valence-electron chi connectivity index (χ3n) is 3.02. The predicted molar refractivity (Wildman–Crippen MR) is 80.1 cm³/mol. The largest absolute Gasteiger partial charge is 0.457 e. The van der Waals surface area contributed by atoms with E-state index in [1.165, 1.54) is 5.56 Å². The van der Waals surface area contributed by atoms with Gasteiger partial charge in [-0.25, -0.2) is 4.79 Å². The van der Waals surface area contributed by atoms with Gasteiger partial charge in [0.2, 0.25) is 0 Å². The molecule has 0 saturated carbocycles. The zero-order valence-electron chi connectivity index (χ0n) is 11.6. The van der Waals surface area contributed by atoms with Crippen LogP contribution in [-0.4, -0.2) is 5.97 Å². The maximum absolute atomic E-state index is 11.8. The van der Waals surface area contributed by atoms with Crippen molar-refractivity contribution < 1.29 is 9.53 Å². The standard InChI is InChI=1S/C18H18O2/c1-15(12-13-16-8-4-2-5-9-16)18(19)20-14-17-10-6-3-7-11-17/h2-12H,13-14H2,1H3/b15-12+. The van der Waals surface area contributed by atoms with Crippen LogP contribution in [0.4, 0.5) is 0 Å². The van der Waals surface area contributed by atoms with Crippen molar-refractivity contribution in [1.82, 2.24) is 0 Å². The normalized spacial score (nSPS) is 11.2. The number of benzene rings is 2. The Bertz CT molecular complexity index is 571. The molecule has 0 aromatic heterocycles. The Labute approximate surface area is 119 Å². The molecule has 0 spiro atoms. The SMILES string of the molecule is C/C(=C\Cc1ccccc1)C(=O)OCc1ccccc1. The van der Waals surface area contributed by atoms with Crippen LogP contribution in [0.25, 0.3) is 0 Å². The number of ether oxygens (including phenoxy) is 1. The average molecular weight is 266 g/mol. The van der Waals surface area contributed by atoms with E-state index >= 15 is 0 Å². The van der Waals surface area contributed by atoms with Crippen LogP contribution in [-0.2, 0) is 22.6 Å². The minimum Gasteiger partial charge on any atom is -0.457 e. The fourth-order valence-electron chi connectivity index (χ4n) is 1.81. The van der Waals surface area contributed by atoms with Gasteiger partial charge in [-0.05, 0) is 24.5 Å². The molecule has 102 valence electrons. The fourth-order valence-corrected chi connectivity index (χ4v) is 1.81. The minimum atomic E-state index is -0.259. The number of carbonyl (C=O) groups excluding carboxylic acids is 1. The zero-order chi connectivity index (χ0) is 14.2. The van der Waals surface area contributed by atoms with Gasteiger partial charge in [-0.3, -0.25) is 0 Å². The van der Waals surface area contributed by atoms with Crippen molar-refractivity contribution in [1.29, 1.82) is 0 Å². The zero-order valence-corrected chi connectivity index (χ0v) is 11.6. The van der Waals surface area contributed by atoms with Crippen LogP contribution >= 0.6 is 0 Å². The summed E-state index contributed by atoms with van der Waals surface area (Å²) >= 11 is 0. The Morgan fingerprint density at radius 1 is 0.950 bits per heavy atom. The van der Waals surface area contributed by atoms with E-state index in [1.54, 1.807) is 6.92 Å². The molecule has 0 atom stereocenters. The first-order valence-corrected chi connectivity index (χ1v) is 6.67. The van der Waals surface area contributed by atoms with Gasteiger partial charge in [0.15, 0.2) is 0 Å². The first-order valence-electron chi connectivity index (χ1n) is 6.67. The smallest absolute Gasteiger partial charge is 0.333 e. The highest BCUT2D eigenvalue weighted by molar-refractivity contribution is 5.87. The third-order valence-corrected chi connectivity index (χ3v) is 3.02. The summed E-state index contributed by atoms with van der Waals surface area (Å²) in [6, 6.07) is 19.7. The van der Waals surface area contributed by atoms with Crippen LogP contribution in [0.2, 0.25) is 0 Å². The number of esters is 1. The summed E-state index contributed by atoms with van der Waals surface area (Å²) in [5.74, 6) is -0.259. The highest BCUT2D eigenvalue weighted by atomic mass is 16.5. The van der Waals surface area contributed by atoms with Gasteiger partial charge in [0.05, 0.1) is 0 Å². The Balaban J connectivity index is 1.85. The van der Waals surface area contributed by atoms with Crippen molar-refractivity contribution in [2.45, 2.75) is 20.0 Å². The van der Waals surface area contributed by atoms with Gasteiger partial charge in [0.1, 0.15) is 6.61 Å². The monoisotopic (exact) mass is 266 g/mol. The molecule has 0 unspecified atom stereocenters. The average Bonchev–Trinajstić information content (AvgIpc) is 2.52. The Morgan fingerprint density at radius 3 is 2.10 bits per heavy atom. The Kier molecular flexibility index (Phi) is 5.13. The van der Waals surface area contributed by atoms with E-state index in [0.717, 1.165) is 12.0 Å². The topological polar surface area (TPSA) is 26.3 Å². The Hall–Kier alpha value is -2.35. The van der Waals surface area contributed by atoms with E-state index in [2.05, 4.69) is 0 Å². The molecule has 0 bridgehead atoms. The maximum Gasteiger partial charge on any atom is 0.333 e. The van der Waals surface area contributed by atoms with Crippen LogP contribution in [0.15, 0.2) is 72.3 Å². The van der Waals surface area contributed by atoms with Gasteiger partial charge in [0.25, 0.3) is 0 Å². The van der Waals surface area contributed by atoms with Crippen LogP contribution < -0.4 is 0 Å². The highest BCUT2D eigenvalue weighted by Gasteiger charge is 2.05. The number of carbonyl (C=O) groups is 1. The second-order valence-corrected chi connectivity index (χ2v) is 4.64. The van der Waals surface area contributed by atoms with Gasteiger partial charge < -0.3 is 4.74 Å². The molecule has 0 aliphatic rings. The van der Waals surface area contributed by atoms with Crippen molar-refractivity contribution in [3.8, 4) is 0 Å². The molecule has 0 fully saturated rings. The van der Waals surface area contributed by atoms with Crippen molar-refractivity contribution in [3.05, 3.63) is 83.4 Å². The Morgan fingerprint density at radius 2 is 1.50 bits per heavy atom. The van der Waals surface area contributed by atoms with Gasteiger partial charge in [-0.2, -0.15) is 0 Å². The molecule has 20 heavy (non-hydrogen) atoms. The van der Waals surface area contributed by atoms with Crippen LogP contribution in [0.3, 0.4) is 0 Å². The number of allylic oxidation sites excluding steroid dienone is 1. The van der Waals surface area contributed by atoms with E-state index in [0.29, 0.717) is 12.2 Å². The molecule has 2 rings (SSSR count). The van der Waals surface area contributed by atoms with Crippen LogP contribution in [0, 0.1) is 0 Å². The number of hydrogen-bond donors (Lipinski definition) is 0. The first kappa shape index (κ1) is 14.1. The first-order chi connectivity index (χ1) is 9.75. The molecule has 2 nitrogen and oxygen atoms in total. The van der Waals surface area contributed by atoms with E-state index in [4.69, 9.17) is 4.74 Å². The predicted octanol–water partition coefficient (Wildman–Crippen LogP) is 3.92. The van der Waals surface area contributed by atoms with Crippen LogP contribution in [0.1, 0.15) is 18.1 Å². The number of hydrogen-bond acceptors (Lipinski definition) is 2. The summed E-state index contributed by atoms with van der Waals surface area (Å²) in [7, 11) is 0. The molecule has 0 saturated heterocycles. The molecule has 2 aromatic rings. The highest BCUT2D eigenvalue weighted by Crippen LogP contribution is 2.07. The molecular weight excluding hydrogens is 248 g/mol.